The van der Waals surface area contributed by atoms with Crippen LogP contribution in [0.5, 0.6) is 0 Å². The van der Waals surface area contributed by atoms with Gasteiger partial charge in [0.2, 0.25) is 0 Å². The molecule has 2 aliphatic rings. The normalized spacial score (nSPS) is 12.5. The molecule has 0 spiro atoms. The number of carboxylic acid groups (broad SMARTS) is 1. The van der Waals surface area contributed by atoms with E-state index in [1.165, 1.54) is 0 Å². The summed E-state index contributed by atoms with van der Waals surface area (Å²) in [6, 6.07) is 0. The van der Waals surface area contributed by atoms with E-state index in [0.717, 1.165) is 32.1 Å². The minimum Gasteiger partial charge on any atom is -0.478 e. The molecule has 2 rings (SSSR count). The summed E-state index contributed by atoms with van der Waals surface area (Å²) in [6.45, 7) is 8.63. The molecule has 2 aliphatic carbocycles. The first-order valence-corrected chi connectivity index (χ1v) is 6.75. The average Bonchev–Trinajstić information content (AvgIpc) is 3.18. The van der Waals surface area contributed by atoms with Crippen LogP contribution in [0, 0.1) is 0 Å². The van der Waals surface area contributed by atoms with Crippen molar-refractivity contribution in [1.82, 2.24) is 0 Å². The van der Waals surface area contributed by atoms with Crippen LogP contribution in [-0.4, -0.2) is 24.3 Å². The van der Waals surface area contributed by atoms with Crippen molar-refractivity contribution in [1.29, 1.82) is 0 Å². The topological polar surface area (TPSA) is 46.5 Å². The van der Waals surface area contributed by atoms with Gasteiger partial charge in [-0.05, 0) is 26.7 Å². The molecule has 20 heavy (non-hydrogen) atoms. The van der Waals surface area contributed by atoms with Crippen LogP contribution in [0.15, 0.2) is 61.3 Å². The summed E-state index contributed by atoms with van der Waals surface area (Å²) in [5.74, 6) is -0.981. The van der Waals surface area contributed by atoms with E-state index in [-0.39, 0.29) is 0 Å². The third-order valence-electron chi connectivity index (χ3n) is 1.89. The second kappa shape index (κ2) is 19.5. The SMILES string of the molecule is C1=CCC=C1.C1=CCC=C1.C=CC(=O)O.CCOCC. The number of carboxylic acids is 1. The first-order chi connectivity index (χ1) is 9.68. The van der Waals surface area contributed by atoms with Gasteiger partial charge >= 0.3 is 5.97 Å². The van der Waals surface area contributed by atoms with Crippen molar-refractivity contribution < 1.29 is 14.6 Å². The fraction of sp³-hybridized carbons (Fsp3) is 0.353. The Kier molecular flexibility index (Phi) is 19.9. The van der Waals surface area contributed by atoms with Gasteiger partial charge in [0.05, 0.1) is 0 Å². The maximum absolute atomic E-state index is 9.25. The monoisotopic (exact) mass is 278 g/mol. The first-order valence-electron chi connectivity index (χ1n) is 6.75. The van der Waals surface area contributed by atoms with Crippen molar-refractivity contribution in [2.45, 2.75) is 26.7 Å². The zero-order chi connectivity index (χ0) is 15.5. The van der Waals surface area contributed by atoms with Crippen molar-refractivity contribution >= 4 is 5.97 Å². The highest BCUT2D eigenvalue weighted by molar-refractivity contribution is 5.78. The molecule has 112 valence electrons. The van der Waals surface area contributed by atoms with E-state index >= 15 is 0 Å². The van der Waals surface area contributed by atoms with Gasteiger partial charge in [-0.3, -0.25) is 0 Å². The molecule has 0 aromatic heterocycles. The molecular weight excluding hydrogens is 252 g/mol. The number of carbonyl (C=O) groups is 1. The summed E-state index contributed by atoms with van der Waals surface area (Å²) < 4.78 is 4.83. The first kappa shape index (κ1) is 20.4. The maximum Gasteiger partial charge on any atom is 0.327 e. The smallest absolute Gasteiger partial charge is 0.327 e. The van der Waals surface area contributed by atoms with Gasteiger partial charge in [0.1, 0.15) is 0 Å². The zero-order valence-electron chi connectivity index (χ0n) is 12.5. The number of allylic oxidation sites excluding steroid dienone is 8. The number of hydrogen-bond acceptors (Lipinski definition) is 2. The van der Waals surface area contributed by atoms with Gasteiger partial charge in [0, 0.05) is 19.3 Å². The van der Waals surface area contributed by atoms with Crippen LogP contribution in [0.4, 0.5) is 0 Å². The van der Waals surface area contributed by atoms with Gasteiger partial charge in [-0.15, -0.1) is 0 Å². The molecule has 3 nitrogen and oxygen atoms in total. The average molecular weight is 278 g/mol. The number of aliphatic carboxylic acids is 1. The van der Waals surface area contributed by atoms with E-state index in [0.29, 0.717) is 0 Å². The predicted molar refractivity (Wildman–Crippen MR) is 85.8 cm³/mol. The van der Waals surface area contributed by atoms with Gasteiger partial charge in [-0.25, -0.2) is 4.79 Å². The third kappa shape index (κ3) is 25.1. The lowest BCUT2D eigenvalue weighted by Gasteiger charge is -1.86. The largest absolute Gasteiger partial charge is 0.478 e. The molecule has 0 atom stereocenters. The van der Waals surface area contributed by atoms with Crippen molar-refractivity contribution in [3.8, 4) is 0 Å². The highest BCUT2D eigenvalue weighted by Gasteiger charge is 1.73. The van der Waals surface area contributed by atoms with Crippen LogP contribution in [0.2, 0.25) is 0 Å². The molecule has 0 amide bonds. The lowest BCUT2D eigenvalue weighted by atomic mass is 10.5. The number of rotatable bonds is 3. The molecule has 0 fully saturated rings. The molecular formula is C17H26O3. The Hall–Kier alpha value is -1.87. The molecule has 0 saturated carbocycles. The lowest BCUT2D eigenvalue weighted by molar-refractivity contribution is -0.131. The molecule has 0 saturated heterocycles. The zero-order valence-corrected chi connectivity index (χ0v) is 12.5. The molecule has 0 bridgehead atoms. The van der Waals surface area contributed by atoms with Gasteiger partial charge in [0.25, 0.3) is 0 Å². The Morgan fingerprint density at radius 3 is 1.40 bits per heavy atom. The second-order valence-corrected chi connectivity index (χ2v) is 3.51. The van der Waals surface area contributed by atoms with E-state index < -0.39 is 5.97 Å². The van der Waals surface area contributed by atoms with Crippen molar-refractivity contribution in [2.24, 2.45) is 0 Å². The fourth-order valence-electron chi connectivity index (χ4n) is 0.990. The fourth-order valence-corrected chi connectivity index (χ4v) is 0.990. The number of ether oxygens (including phenoxy) is 1. The highest BCUT2D eigenvalue weighted by atomic mass is 16.5. The maximum atomic E-state index is 9.25. The summed E-state index contributed by atoms with van der Waals surface area (Å²) in [6.07, 6.45) is 19.8. The molecule has 0 radical (unpaired) electrons. The molecule has 0 unspecified atom stereocenters. The van der Waals surface area contributed by atoms with Crippen LogP contribution in [0.1, 0.15) is 26.7 Å². The molecule has 0 aromatic rings. The number of hydrogen-bond donors (Lipinski definition) is 1. The Bertz CT molecular complexity index is 292. The van der Waals surface area contributed by atoms with Crippen LogP contribution >= 0.6 is 0 Å². The predicted octanol–water partition coefficient (Wildman–Crippen LogP) is 4.30. The van der Waals surface area contributed by atoms with E-state index in [1.54, 1.807) is 0 Å². The summed E-state index contributed by atoms with van der Waals surface area (Å²) in [4.78, 5) is 9.25. The van der Waals surface area contributed by atoms with Gasteiger partial charge in [0.15, 0.2) is 0 Å². The molecule has 0 heterocycles. The summed E-state index contributed by atoms with van der Waals surface area (Å²) in [7, 11) is 0. The lowest BCUT2D eigenvalue weighted by Crippen LogP contribution is -1.84. The Balaban J connectivity index is 0. The quantitative estimate of drug-likeness (QED) is 0.783. The van der Waals surface area contributed by atoms with Crippen molar-refractivity contribution in [3.63, 3.8) is 0 Å². The van der Waals surface area contributed by atoms with Crippen LogP contribution in [0.25, 0.3) is 0 Å². The highest BCUT2D eigenvalue weighted by Crippen LogP contribution is 1.93. The minimum atomic E-state index is -0.981. The van der Waals surface area contributed by atoms with E-state index in [1.807, 2.05) is 13.8 Å². The Morgan fingerprint density at radius 2 is 1.35 bits per heavy atom. The third-order valence-corrected chi connectivity index (χ3v) is 1.89. The van der Waals surface area contributed by atoms with Crippen LogP contribution in [-0.2, 0) is 9.53 Å². The second-order valence-electron chi connectivity index (χ2n) is 3.51. The van der Waals surface area contributed by atoms with E-state index in [2.05, 4.69) is 55.2 Å². The van der Waals surface area contributed by atoms with Crippen molar-refractivity contribution in [3.05, 3.63) is 61.3 Å². The molecule has 0 aromatic carbocycles. The summed E-state index contributed by atoms with van der Waals surface area (Å²) in [5.41, 5.74) is 0. The molecule has 1 N–H and O–H groups in total. The summed E-state index contributed by atoms with van der Waals surface area (Å²) in [5, 5.41) is 7.60. The summed E-state index contributed by atoms with van der Waals surface area (Å²) >= 11 is 0. The van der Waals surface area contributed by atoms with Crippen LogP contribution in [0.3, 0.4) is 0 Å². The Morgan fingerprint density at radius 1 is 1.05 bits per heavy atom. The van der Waals surface area contributed by atoms with Crippen molar-refractivity contribution in [2.75, 3.05) is 13.2 Å². The van der Waals surface area contributed by atoms with E-state index in [4.69, 9.17) is 9.84 Å². The minimum absolute atomic E-state index is 0.833. The van der Waals surface area contributed by atoms with Crippen LogP contribution < -0.4 is 0 Å². The Labute approximate surface area is 122 Å². The van der Waals surface area contributed by atoms with Gasteiger partial charge < -0.3 is 9.84 Å². The van der Waals surface area contributed by atoms with E-state index in [9.17, 15) is 4.79 Å². The standard InChI is InChI=1S/2C5H6.C4H10O.C3H4O2/c2*1-2-4-5-3-1;1-3-5-4-2;1-2-3(4)5/h2*1-4H,5H2;3-4H2,1-2H3;2H,1H2,(H,4,5). The van der Waals surface area contributed by atoms with Gasteiger partial charge in [-0.1, -0.05) is 55.2 Å². The van der Waals surface area contributed by atoms with Gasteiger partial charge in [-0.2, -0.15) is 0 Å². The molecule has 3 heteroatoms. The molecule has 0 aliphatic heterocycles.